The van der Waals surface area contributed by atoms with E-state index in [1.165, 1.54) is 12.1 Å². The van der Waals surface area contributed by atoms with Crippen LogP contribution in [-0.2, 0) is 15.2 Å². The zero-order valence-corrected chi connectivity index (χ0v) is 17.4. The first kappa shape index (κ1) is 20.6. The normalized spacial score (nSPS) is 19.4. The molecule has 0 bridgehead atoms. The number of aromatic amines is 1. The van der Waals surface area contributed by atoms with Gasteiger partial charge in [0.15, 0.2) is 0 Å². The van der Waals surface area contributed by atoms with Crippen LogP contribution in [0.15, 0.2) is 42.5 Å². The molecule has 3 N–H and O–H groups in total. The van der Waals surface area contributed by atoms with Gasteiger partial charge in [0.05, 0.1) is 11.3 Å². The van der Waals surface area contributed by atoms with Gasteiger partial charge in [0.2, 0.25) is 5.91 Å². The minimum atomic E-state index is -1.26. The van der Waals surface area contributed by atoms with Crippen molar-refractivity contribution in [2.75, 3.05) is 5.32 Å². The van der Waals surface area contributed by atoms with E-state index in [-0.39, 0.29) is 18.1 Å². The van der Waals surface area contributed by atoms with Gasteiger partial charge in [0.25, 0.3) is 0 Å². The van der Waals surface area contributed by atoms with Crippen LogP contribution >= 0.6 is 11.6 Å². The van der Waals surface area contributed by atoms with Gasteiger partial charge in [-0.25, -0.2) is 4.39 Å². The van der Waals surface area contributed by atoms with E-state index in [2.05, 4.69) is 10.3 Å². The molecule has 4 rings (SSSR count). The monoisotopic (exact) mass is 428 g/mol. The summed E-state index contributed by atoms with van der Waals surface area (Å²) >= 11 is 5.87. The van der Waals surface area contributed by atoms with E-state index in [4.69, 9.17) is 11.6 Å². The molecule has 7 heteroatoms. The van der Waals surface area contributed by atoms with Crippen LogP contribution in [-0.4, -0.2) is 21.8 Å². The average molecular weight is 429 g/mol. The van der Waals surface area contributed by atoms with E-state index in [1.807, 2.05) is 0 Å². The number of halogens is 2. The van der Waals surface area contributed by atoms with Crippen molar-refractivity contribution in [1.29, 1.82) is 0 Å². The van der Waals surface area contributed by atoms with Crippen molar-refractivity contribution < 1.29 is 19.1 Å². The van der Waals surface area contributed by atoms with Gasteiger partial charge in [0, 0.05) is 39.9 Å². The Hall–Kier alpha value is -2.70. The first-order valence-electron chi connectivity index (χ1n) is 9.76. The Balaban J connectivity index is 1.66. The van der Waals surface area contributed by atoms with E-state index in [1.54, 1.807) is 44.2 Å². The highest BCUT2D eigenvalue weighted by Gasteiger charge is 2.41. The highest BCUT2D eigenvalue weighted by Crippen LogP contribution is 2.43. The maximum Gasteiger partial charge on any atom is 0.227 e. The number of nitrogens with one attached hydrogen (secondary N) is 2. The molecule has 2 unspecified atom stereocenters. The van der Waals surface area contributed by atoms with Gasteiger partial charge in [0.1, 0.15) is 11.6 Å². The highest BCUT2D eigenvalue weighted by atomic mass is 35.5. The number of amides is 1. The molecule has 1 amide bonds. The average Bonchev–Trinajstić information content (AvgIpc) is 3.23. The molecule has 2 atom stereocenters. The van der Waals surface area contributed by atoms with Crippen LogP contribution in [0, 0.1) is 11.7 Å². The molecule has 0 aliphatic heterocycles. The Kier molecular flexibility index (Phi) is 5.16. The number of hydrogen-bond acceptors (Lipinski definition) is 3. The predicted molar refractivity (Wildman–Crippen MR) is 114 cm³/mol. The van der Waals surface area contributed by atoms with Crippen LogP contribution in [0.5, 0.6) is 0 Å². The molecule has 0 spiro atoms. The number of rotatable bonds is 4. The van der Waals surface area contributed by atoms with Gasteiger partial charge in [-0.15, -0.1) is 0 Å². The van der Waals surface area contributed by atoms with Gasteiger partial charge in [-0.1, -0.05) is 11.6 Å². The van der Waals surface area contributed by atoms with Crippen molar-refractivity contribution in [3.05, 3.63) is 64.6 Å². The van der Waals surface area contributed by atoms with Gasteiger partial charge in [-0.3, -0.25) is 9.59 Å². The van der Waals surface area contributed by atoms with E-state index in [0.29, 0.717) is 39.3 Å². The number of fused-ring (bicyclic) bond motifs is 1. The van der Waals surface area contributed by atoms with Crippen molar-refractivity contribution >= 4 is 39.9 Å². The number of Topliss-reactive ketones (excluding diaryl/α,β-unsaturated/α-hetero) is 1. The standard InChI is InChI=1S/C23H22ClFN2O3/c1-23(2,30)21-20(16-11-14(25)5-8-18(16)27-21)17-9-12(10-19(17)28)22(29)26-15-6-3-13(24)4-7-15/h3-8,11-12,17,27,30H,9-10H2,1-2H3,(H,26,29). The topological polar surface area (TPSA) is 82.2 Å². The minimum absolute atomic E-state index is 0.0946. The highest BCUT2D eigenvalue weighted by molar-refractivity contribution is 6.30. The summed E-state index contributed by atoms with van der Waals surface area (Å²) in [6, 6.07) is 11.0. The zero-order valence-electron chi connectivity index (χ0n) is 16.6. The van der Waals surface area contributed by atoms with Crippen molar-refractivity contribution in [3.8, 4) is 0 Å². The number of carbonyl (C=O) groups excluding carboxylic acids is 2. The molecule has 1 fully saturated rings. The lowest BCUT2D eigenvalue weighted by molar-refractivity contribution is -0.123. The Morgan fingerprint density at radius 1 is 1.23 bits per heavy atom. The van der Waals surface area contributed by atoms with Crippen LogP contribution in [0.25, 0.3) is 10.9 Å². The third kappa shape index (κ3) is 3.85. The van der Waals surface area contributed by atoms with Crippen molar-refractivity contribution in [3.63, 3.8) is 0 Å². The largest absolute Gasteiger partial charge is 0.384 e. The van der Waals surface area contributed by atoms with Crippen LogP contribution in [0.3, 0.4) is 0 Å². The fraction of sp³-hybridized carbons (Fsp3) is 0.304. The number of aromatic nitrogens is 1. The molecule has 156 valence electrons. The lowest BCUT2D eigenvalue weighted by atomic mass is 9.88. The Morgan fingerprint density at radius 2 is 1.93 bits per heavy atom. The third-order valence-electron chi connectivity index (χ3n) is 5.60. The second-order valence-electron chi connectivity index (χ2n) is 8.31. The number of carbonyl (C=O) groups is 2. The molecule has 2 aromatic carbocycles. The predicted octanol–water partition coefficient (Wildman–Crippen LogP) is 4.89. The van der Waals surface area contributed by atoms with Crippen LogP contribution in [0.1, 0.15) is 43.9 Å². The molecule has 1 saturated carbocycles. The molecular formula is C23H22ClFN2O3. The maximum absolute atomic E-state index is 13.9. The first-order valence-corrected chi connectivity index (χ1v) is 10.1. The second kappa shape index (κ2) is 7.52. The summed E-state index contributed by atoms with van der Waals surface area (Å²) in [7, 11) is 0. The van der Waals surface area contributed by atoms with Gasteiger partial charge >= 0.3 is 0 Å². The quantitative estimate of drug-likeness (QED) is 0.553. The van der Waals surface area contributed by atoms with E-state index in [9.17, 15) is 19.1 Å². The minimum Gasteiger partial charge on any atom is -0.384 e. The summed E-state index contributed by atoms with van der Waals surface area (Å²) in [6.07, 6.45) is 0.391. The third-order valence-corrected chi connectivity index (χ3v) is 5.85. The van der Waals surface area contributed by atoms with E-state index >= 15 is 0 Å². The Bertz CT molecular complexity index is 1130. The zero-order chi connectivity index (χ0) is 21.6. The summed E-state index contributed by atoms with van der Waals surface area (Å²) in [5.41, 5.74) is 1.04. The number of H-pyrrole nitrogens is 1. The lowest BCUT2D eigenvalue weighted by Gasteiger charge is -2.21. The first-order chi connectivity index (χ1) is 14.1. The van der Waals surface area contributed by atoms with Crippen LogP contribution in [0.2, 0.25) is 5.02 Å². The maximum atomic E-state index is 13.9. The molecule has 30 heavy (non-hydrogen) atoms. The fourth-order valence-corrected chi connectivity index (χ4v) is 4.30. The molecular weight excluding hydrogens is 407 g/mol. The summed E-state index contributed by atoms with van der Waals surface area (Å²) in [5.74, 6) is -1.87. The van der Waals surface area contributed by atoms with E-state index < -0.39 is 23.3 Å². The Morgan fingerprint density at radius 3 is 2.60 bits per heavy atom. The van der Waals surface area contributed by atoms with Crippen LogP contribution < -0.4 is 5.32 Å². The molecule has 0 saturated heterocycles. The van der Waals surface area contributed by atoms with E-state index in [0.717, 1.165) is 0 Å². The van der Waals surface area contributed by atoms with Crippen molar-refractivity contribution in [2.24, 2.45) is 5.92 Å². The number of aliphatic hydroxyl groups is 1. The second-order valence-corrected chi connectivity index (χ2v) is 8.75. The van der Waals surface area contributed by atoms with Gasteiger partial charge < -0.3 is 15.4 Å². The molecule has 1 aliphatic rings. The summed E-state index contributed by atoms with van der Waals surface area (Å²) in [4.78, 5) is 28.8. The molecule has 0 radical (unpaired) electrons. The lowest BCUT2D eigenvalue weighted by Crippen LogP contribution is -2.21. The molecule has 1 aliphatic carbocycles. The molecule has 3 aromatic rings. The van der Waals surface area contributed by atoms with Gasteiger partial charge in [-0.05, 0) is 68.3 Å². The number of anilines is 1. The fourth-order valence-electron chi connectivity index (χ4n) is 4.17. The van der Waals surface area contributed by atoms with Gasteiger partial charge in [-0.2, -0.15) is 0 Å². The summed E-state index contributed by atoms with van der Waals surface area (Å²) < 4.78 is 13.9. The SMILES string of the molecule is CC(C)(O)c1[nH]c2ccc(F)cc2c1C1CC(C(=O)Nc2ccc(Cl)cc2)CC1=O. The molecule has 1 heterocycles. The smallest absolute Gasteiger partial charge is 0.227 e. The Labute approximate surface area is 178 Å². The number of benzene rings is 2. The van der Waals surface area contributed by atoms with Crippen molar-refractivity contribution in [1.82, 2.24) is 4.98 Å². The summed E-state index contributed by atoms with van der Waals surface area (Å²) in [5, 5.41) is 14.6. The number of hydrogen-bond donors (Lipinski definition) is 3. The summed E-state index contributed by atoms with van der Waals surface area (Å²) in [6.45, 7) is 3.23. The van der Waals surface area contributed by atoms with Crippen molar-refractivity contribution in [2.45, 2.75) is 38.2 Å². The van der Waals surface area contributed by atoms with Crippen LogP contribution in [0.4, 0.5) is 10.1 Å². The number of ketones is 1. The molecule has 5 nitrogen and oxygen atoms in total. The molecule has 1 aromatic heterocycles.